The number of hydrogen-bond acceptors (Lipinski definition) is 7. The maximum absolute atomic E-state index is 13.4. The number of benzene rings is 2. The van der Waals surface area contributed by atoms with Gasteiger partial charge in [0.05, 0.1) is 54.9 Å². The maximum atomic E-state index is 13.4. The Hall–Kier alpha value is -4.27. The van der Waals surface area contributed by atoms with Gasteiger partial charge in [0.2, 0.25) is 0 Å². The number of hydrogen-bond donors (Lipinski definition) is 0. The molecule has 6 rings (SSSR count). The summed E-state index contributed by atoms with van der Waals surface area (Å²) >= 11 is 0. The van der Waals surface area contributed by atoms with E-state index in [4.69, 9.17) is 14.2 Å². The molecule has 9 nitrogen and oxygen atoms in total. The second-order valence-corrected chi connectivity index (χ2v) is 16.0. The standard InChI is InChI=1S/C40H52N4O5/c1-25-14-28-20-41-32-18-36(35(47-9)17-30(32)37(45)43(28)21-25)49-24-40(6,7)11-10-39(4,5)12-13-48-34-19-33-31(16-27(34)3)38(46)44-22-26(2)15-29(44)23-42(33)8/h16-20,28-29H,1-2,10-15,21-24H2,3-9H3. The molecule has 2 saturated heterocycles. The summed E-state index contributed by atoms with van der Waals surface area (Å²) in [6, 6.07) is 7.73. The van der Waals surface area contributed by atoms with Gasteiger partial charge in [0, 0.05) is 45.0 Å². The average Bonchev–Trinajstić information content (AvgIpc) is 3.56. The molecular weight excluding hydrogens is 616 g/mol. The molecule has 2 fully saturated rings. The molecule has 49 heavy (non-hydrogen) atoms. The van der Waals surface area contributed by atoms with Crippen LogP contribution in [-0.2, 0) is 0 Å². The quantitative estimate of drug-likeness (QED) is 0.232. The van der Waals surface area contributed by atoms with E-state index in [9.17, 15) is 9.59 Å². The first-order valence-electron chi connectivity index (χ1n) is 17.5. The van der Waals surface area contributed by atoms with Crippen molar-refractivity contribution in [2.45, 2.75) is 78.8 Å². The number of amides is 2. The number of rotatable bonds is 11. The smallest absolute Gasteiger partial charge is 0.257 e. The predicted octanol–water partition coefficient (Wildman–Crippen LogP) is 7.39. The van der Waals surface area contributed by atoms with E-state index in [-0.39, 0.29) is 34.7 Å². The number of aliphatic imine (C=N–C) groups is 1. The molecule has 0 saturated carbocycles. The Morgan fingerprint density at radius 2 is 1.53 bits per heavy atom. The van der Waals surface area contributed by atoms with E-state index < -0.39 is 0 Å². The molecule has 9 heteroatoms. The summed E-state index contributed by atoms with van der Waals surface area (Å²) in [7, 11) is 3.66. The molecule has 0 spiro atoms. The number of fused-ring (bicyclic) bond motifs is 4. The van der Waals surface area contributed by atoms with Crippen LogP contribution in [0.2, 0.25) is 0 Å². The van der Waals surface area contributed by atoms with Crippen LogP contribution in [0.4, 0.5) is 11.4 Å². The number of aryl methyl sites for hydroxylation is 1. The summed E-state index contributed by atoms with van der Waals surface area (Å²) in [5.41, 5.74) is 5.88. The van der Waals surface area contributed by atoms with Crippen LogP contribution in [0.1, 0.15) is 86.1 Å². The van der Waals surface area contributed by atoms with Crippen molar-refractivity contribution in [3.05, 3.63) is 65.3 Å². The van der Waals surface area contributed by atoms with Gasteiger partial charge in [0.25, 0.3) is 11.8 Å². The Labute approximate surface area is 291 Å². The van der Waals surface area contributed by atoms with Crippen molar-refractivity contribution in [2.75, 3.05) is 51.9 Å². The fraction of sp³-hybridized carbons (Fsp3) is 0.525. The van der Waals surface area contributed by atoms with Crippen LogP contribution >= 0.6 is 0 Å². The number of nitrogens with zero attached hydrogens (tertiary/aromatic N) is 4. The lowest BCUT2D eigenvalue weighted by Crippen LogP contribution is -2.38. The van der Waals surface area contributed by atoms with Gasteiger partial charge in [0.15, 0.2) is 11.5 Å². The van der Waals surface area contributed by atoms with Gasteiger partial charge < -0.3 is 28.9 Å². The zero-order valence-corrected chi connectivity index (χ0v) is 30.4. The highest BCUT2D eigenvalue weighted by atomic mass is 16.5. The fourth-order valence-electron chi connectivity index (χ4n) is 7.36. The molecule has 0 radical (unpaired) electrons. The average molecular weight is 669 g/mol. The number of carbonyl (C=O) groups excluding carboxylic acids is 2. The third-order valence-corrected chi connectivity index (χ3v) is 10.6. The first-order chi connectivity index (χ1) is 23.1. The van der Waals surface area contributed by atoms with Crippen LogP contribution in [0.25, 0.3) is 0 Å². The SMILES string of the molecule is C=C1CC2C=Nc3cc(OCC(C)(C)CCC(C)(C)CCOc4cc5c(cc4C)C(=O)N4CC(=C)CC4CN5C)c(OC)cc3C(=O)N2C1. The van der Waals surface area contributed by atoms with Gasteiger partial charge in [-0.1, -0.05) is 52.0 Å². The van der Waals surface area contributed by atoms with Gasteiger partial charge in [-0.05, 0) is 67.6 Å². The van der Waals surface area contributed by atoms with Gasteiger partial charge in [-0.25, -0.2) is 0 Å². The topological polar surface area (TPSA) is 83.9 Å². The molecule has 4 aliphatic rings. The van der Waals surface area contributed by atoms with Crippen molar-refractivity contribution < 1.29 is 23.8 Å². The van der Waals surface area contributed by atoms with Gasteiger partial charge in [-0.15, -0.1) is 0 Å². The molecule has 4 heterocycles. The predicted molar refractivity (Wildman–Crippen MR) is 195 cm³/mol. The van der Waals surface area contributed by atoms with E-state index in [0.717, 1.165) is 72.4 Å². The minimum Gasteiger partial charge on any atom is -0.493 e. The van der Waals surface area contributed by atoms with Gasteiger partial charge in [-0.2, -0.15) is 0 Å². The number of ether oxygens (including phenoxy) is 3. The third-order valence-electron chi connectivity index (χ3n) is 10.6. The Morgan fingerprint density at radius 1 is 0.837 bits per heavy atom. The van der Waals surface area contributed by atoms with E-state index in [1.165, 1.54) is 0 Å². The van der Waals surface area contributed by atoms with Crippen molar-refractivity contribution in [2.24, 2.45) is 15.8 Å². The summed E-state index contributed by atoms with van der Waals surface area (Å²) < 4.78 is 18.4. The normalized spacial score (nSPS) is 20.5. The van der Waals surface area contributed by atoms with Gasteiger partial charge >= 0.3 is 0 Å². The molecule has 2 unspecified atom stereocenters. The summed E-state index contributed by atoms with van der Waals surface area (Å²) in [6.45, 7) is 22.3. The summed E-state index contributed by atoms with van der Waals surface area (Å²) in [4.78, 5) is 37.4. The van der Waals surface area contributed by atoms with Gasteiger partial charge in [-0.3, -0.25) is 14.6 Å². The highest BCUT2D eigenvalue weighted by Crippen LogP contribution is 2.41. The zero-order valence-electron chi connectivity index (χ0n) is 30.4. The minimum atomic E-state index is -0.108. The van der Waals surface area contributed by atoms with Crippen LogP contribution < -0.4 is 19.1 Å². The van der Waals surface area contributed by atoms with E-state index in [2.05, 4.69) is 57.8 Å². The van der Waals surface area contributed by atoms with E-state index in [1.807, 2.05) is 41.1 Å². The first-order valence-corrected chi connectivity index (χ1v) is 17.5. The molecular formula is C40H52N4O5. The molecule has 0 aromatic heterocycles. The summed E-state index contributed by atoms with van der Waals surface area (Å²) in [5.74, 6) is 1.98. The lowest BCUT2D eigenvalue weighted by molar-refractivity contribution is 0.0749. The molecule has 0 N–H and O–H groups in total. The Morgan fingerprint density at radius 3 is 2.29 bits per heavy atom. The molecule has 0 bridgehead atoms. The zero-order chi connectivity index (χ0) is 35.2. The number of carbonyl (C=O) groups is 2. The Balaban J connectivity index is 1.04. The number of methoxy groups -OCH3 is 1. The second-order valence-electron chi connectivity index (χ2n) is 16.0. The van der Waals surface area contributed by atoms with E-state index >= 15 is 0 Å². The van der Waals surface area contributed by atoms with Crippen LogP contribution in [0.3, 0.4) is 0 Å². The molecule has 2 amide bonds. The van der Waals surface area contributed by atoms with E-state index in [0.29, 0.717) is 49.1 Å². The molecule has 2 aromatic rings. The lowest BCUT2D eigenvalue weighted by Gasteiger charge is -2.31. The van der Waals surface area contributed by atoms with Crippen LogP contribution in [0.15, 0.2) is 53.6 Å². The highest BCUT2D eigenvalue weighted by Gasteiger charge is 2.38. The van der Waals surface area contributed by atoms with Crippen LogP contribution in [0.5, 0.6) is 17.2 Å². The molecule has 4 aliphatic heterocycles. The monoisotopic (exact) mass is 668 g/mol. The van der Waals surface area contributed by atoms with Crippen LogP contribution in [0, 0.1) is 17.8 Å². The minimum absolute atomic E-state index is 0.0479. The maximum Gasteiger partial charge on any atom is 0.257 e. The Bertz CT molecular complexity index is 1710. The number of likely N-dealkylation sites (N-methyl/N-ethyl adjacent to an activating group) is 1. The summed E-state index contributed by atoms with van der Waals surface area (Å²) in [5, 5.41) is 0. The molecule has 2 aromatic carbocycles. The van der Waals surface area contributed by atoms with E-state index in [1.54, 1.807) is 13.2 Å². The van der Waals surface area contributed by atoms with Crippen molar-refractivity contribution in [1.29, 1.82) is 0 Å². The highest BCUT2D eigenvalue weighted by molar-refractivity contribution is 6.04. The lowest BCUT2D eigenvalue weighted by atomic mass is 9.78. The van der Waals surface area contributed by atoms with Crippen molar-refractivity contribution in [3.63, 3.8) is 0 Å². The molecule has 0 aliphatic carbocycles. The molecule has 262 valence electrons. The fourth-order valence-corrected chi connectivity index (χ4v) is 7.36. The van der Waals surface area contributed by atoms with Crippen LogP contribution in [-0.4, -0.2) is 86.9 Å². The number of anilines is 1. The summed E-state index contributed by atoms with van der Waals surface area (Å²) in [6.07, 6.45) is 6.30. The Kier molecular flexibility index (Phi) is 9.33. The largest absolute Gasteiger partial charge is 0.493 e. The van der Waals surface area contributed by atoms with Crippen molar-refractivity contribution >= 4 is 29.4 Å². The first kappa shape index (κ1) is 34.6. The molecule has 2 atom stereocenters. The van der Waals surface area contributed by atoms with Crippen molar-refractivity contribution in [3.8, 4) is 17.2 Å². The third kappa shape index (κ3) is 7.22. The van der Waals surface area contributed by atoms with Gasteiger partial charge in [0.1, 0.15) is 5.75 Å². The van der Waals surface area contributed by atoms with Crippen molar-refractivity contribution in [1.82, 2.24) is 9.80 Å². The second kappa shape index (κ2) is 13.2.